The lowest BCUT2D eigenvalue weighted by atomic mass is 10.1. The van der Waals surface area contributed by atoms with E-state index in [9.17, 15) is 8.42 Å². The van der Waals surface area contributed by atoms with Gasteiger partial charge in [0.2, 0.25) is 10.0 Å². The van der Waals surface area contributed by atoms with Crippen LogP contribution in [0.1, 0.15) is 29.4 Å². The molecule has 1 N–H and O–H groups in total. The van der Waals surface area contributed by atoms with Crippen LogP contribution in [-0.2, 0) is 16.4 Å². The molecule has 0 aromatic carbocycles. The molecule has 0 aliphatic carbocycles. The van der Waals surface area contributed by atoms with E-state index in [4.69, 9.17) is 0 Å². The number of aromatic nitrogens is 3. The number of hydrogen-bond donors (Lipinski definition) is 1. The summed E-state index contributed by atoms with van der Waals surface area (Å²) < 4.78 is 25.3. The molecule has 0 radical (unpaired) electrons. The second-order valence-electron chi connectivity index (χ2n) is 5.75. The maximum absolute atomic E-state index is 11.4. The number of pyridine rings is 1. The van der Waals surface area contributed by atoms with Crippen LogP contribution in [0.4, 0.5) is 11.5 Å². The molecule has 0 fully saturated rings. The van der Waals surface area contributed by atoms with E-state index in [1.165, 1.54) is 6.33 Å². The minimum Gasteiger partial charge on any atom is -0.362 e. The summed E-state index contributed by atoms with van der Waals surface area (Å²) in [6, 6.07) is 1.67. The van der Waals surface area contributed by atoms with Crippen LogP contribution in [0.2, 0.25) is 0 Å². The topological polar surface area (TPSA) is 88.1 Å². The summed E-state index contributed by atoms with van der Waals surface area (Å²) in [4.78, 5) is 14.7. The number of nitrogens with zero attached hydrogens (tertiary/aromatic N) is 4. The van der Waals surface area contributed by atoms with Gasteiger partial charge in [0.1, 0.15) is 12.1 Å². The number of nitrogens with one attached hydrogen (secondary N) is 1. The summed E-state index contributed by atoms with van der Waals surface area (Å²) in [5, 5.41) is 0. The molecule has 7 nitrogen and oxygen atoms in total. The van der Waals surface area contributed by atoms with Crippen molar-refractivity contribution in [2.45, 2.75) is 20.3 Å². The van der Waals surface area contributed by atoms with Crippen LogP contribution in [0.25, 0.3) is 0 Å². The summed E-state index contributed by atoms with van der Waals surface area (Å²) in [6.45, 7) is 3.74. The summed E-state index contributed by atoms with van der Waals surface area (Å²) in [7, 11) is 0.418. The second-order valence-corrected chi connectivity index (χ2v) is 7.50. The predicted molar refractivity (Wildman–Crippen MR) is 99.2 cm³/mol. The van der Waals surface area contributed by atoms with E-state index >= 15 is 0 Å². The Morgan fingerprint density at radius 2 is 1.92 bits per heavy atom. The average molecular weight is 359 g/mol. The summed E-state index contributed by atoms with van der Waals surface area (Å²) in [6.07, 6.45) is 4.98. The molecule has 2 rings (SSSR count). The molecule has 8 heteroatoms. The van der Waals surface area contributed by atoms with Crippen molar-refractivity contribution in [3.63, 3.8) is 0 Å². The van der Waals surface area contributed by atoms with Gasteiger partial charge >= 0.3 is 0 Å². The van der Waals surface area contributed by atoms with Gasteiger partial charge in [0.25, 0.3) is 0 Å². The molecule has 2 aromatic heterocycles. The number of hydrogen-bond acceptors (Lipinski definition) is 6. The predicted octanol–water partition coefficient (Wildman–Crippen LogP) is 1.58. The van der Waals surface area contributed by atoms with E-state index in [1.807, 2.05) is 25.9 Å². The molecule has 0 atom stereocenters. The number of rotatable bonds is 4. The van der Waals surface area contributed by atoms with Crippen molar-refractivity contribution in [3.8, 4) is 11.8 Å². The molecule has 0 aliphatic rings. The first kappa shape index (κ1) is 18.7. The maximum atomic E-state index is 11.4. The van der Waals surface area contributed by atoms with Crippen molar-refractivity contribution >= 4 is 21.5 Å². The molecule has 0 amide bonds. The van der Waals surface area contributed by atoms with Gasteiger partial charge in [-0.05, 0) is 19.4 Å². The van der Waals surface area contributed by atoms with Crippen LogP contribution in [0.5, 0.6) is 0 Å². The molecular formula is C17H21N5O2S. The Morgan fingerprint density at radius 3 is 2.52 bits per heavy atom. The van der Waals surface area contributed by atoms with Gasteiger partial charge in [-0.15, -0.1) is 0 Å². The smallest absolute Gasteiger partial charge is 0.229 e. The fraction of sp³-hybridized carbons (Fsp3) is 0.353. The lowest BCUT2D eigenvalue weighted by Crippen LogP contribution is -2.14. The fourth-order valence-electron chi connectivity index (χ4n) is 2.19. The van der Waals surface area contributed by atoms with Gasteiger partial charge in [-0.25, -0.2) is 18.4 Å². The highest BCUT2D eigenvalue weighted by molar-refractivity contribution is 7.92. The van der Waals surface area contributed by atoms with Crippen molar-refractivity contribution in [2.24, 2.45) is 0 Å². The molecule has 0 saturated heterocycles. The Labute approximate surface area is 148 Å². The van der Waals surface area contributed by atoms with Gasteiger partial charge in [0.05, 0.1) is 28.9 Å². The lowest BCUT2D eigenvalue weighted by molar-refractivity contribution is 0.606. The first-order valence-corrected chi connectivity index (χ1v) is 9.58. The molecule has 25 heavy (non-hydrogen) atoms. The van der Waals surface area contributed by atoms with E-state index < -0.39 is 10.0 Å². The number of anilines is 2. The van der Waals surface area contributed by atoms with Gasteiger partial charge in [-0.1, -0.05) is 18.8 Å². The largest absolute Gasteiger partial charge is 0.362 e. The van der Waals surface area contributed by atoms with Gasteiger partial charge < -0.3 is 4.90 Å². The summed E-state index contributed by atoms with van der Waals surface area (Å²) in [5.41, 5.74) is 3.23. The normalized spacial score (nSPS) is 10.8. The van der Waals surface area contributed by atoms with Crippen LogP contribution in [-0.4, -0.2) is 43.7 Å². The zero-order chi connectivity index (χ0) is 18.6. The third-order valence-electron chi connectivity index (χ3n) is 3.38. The number of aryl methyl sites for hydroxylation is 2. The highest BCUT2D eigenvalue weighted by atomic mass is 32.2. The minimum absolute atomic E-state index is 0.419. The molecule has 0 spiro atoms. The molecule has 2 heterocycles. The molecule has 0 aliphatic heterocycles. The van der Waals surface area contributed by atoms with Crippen LogP contribution in [0, 0.1) is 18.8 Å². The van der Waals surface area contributed by atoms with E-state index in [0.717, 1.165) is 29.8 Å². The Bertz CT molecular complexity index is 943. The second kappa shape index (κ2) is 7.49. The third-order valence-corrected chi connectivity index (χ3v) is 3.97. The van der Waals surface area contributed by atoms with E-state index in [1.54, 1.807) is 19.2 Å². The van der Waals surface area contributed by atoms with Crippen molar-refractivity contribution in [3.05, 3.63) is 41.1 Å². The van der Waals surface area contributed by atoms with Crippen LogP contribution in [0.15, 0.2) is 18.6 Å². The quantitative estimate of drug-likeness (QED) is 0.834. The first-order valence-electron chi connectivity index (χ1n) is 7.69. The van der Waals surface area contributed by atoms with E-state index in [0.29, 0.717) is 16.9 Å². The fourth-order valence-corrected chi connectivity index (χ4v) is 2.79. The lowest BCUT2D eigenvalue weighted by Gasteiger charge is -2.14. The van der Waals surface area contributed by atoms with E-state index in [-0.39, 0.29) is 0 Å². The molecule has 0 bridgehead atoms. The molecule has 132 valence electrons. The van der Waals surface area contributed by atoms with Crippen molar-refractivity contribution in [1.82, 2.24) is 15.0 Å². The standard InChI is InChI=1S/C17H21N5O2S/c1-6-15-14(17(22(3)4)20-11-19-15)8-7-13-9-16(12(2)18-10-13)21-25(5,23)24/h9-11,21H,6H2,1-5H3. The van der Waals surface area contributed by atoms with Crippen LogP contribution < -0.4 is 9.62 Å². The van der Waals surface area contributed by atoms with E-state index in [2.05, 4.69) is 31.5 Å². The van der Waals surface area contributed by atoms with Crippen LogP contribution in [0.3, 0.4) is 0 Å². The SMILES string of the molecule is CCc1ncnc(N(C)C)c1C#Cc1cnc(C)c(NS(C)(=O)=O)c1. The highest BCUT2D eigenvalue weighted by Gasteiger charge is 2.10. The Kier molecular flexibility index (Phi) is 5.59. The van der Waals surface area contributed by atoms with Gasteiger partial charge in [-0.2, -0.15) is 0 Å². The molecule has 0 unspecified atom stereocenters. The zero-order valence-corrected chi connectivity index (χ0v) is 15.8. The van der Waals surface area contributed by atoms with Gasteiger partial charge in [0.15, 0.2) is 0 Å². The molecule has 2 aromatic rings. The Balaban J connectivity index is 2.48. The summed E-state index contributed by atoms with van der Waals surface area (Å²) in [5.74, 6) is 6.88. The van der Waals surface area contributed by atoms with Crippen molar-refractivity contribution < 1.29 is 8.42 Å². The van der Waals surface area contributed by atoms with Crippen molar-refractivity contribution in [1.29, 1.82) is 0 Å². The average Bonchev–Trinajstić information content (AvgIpc) is 2.53. The minimum atomic E-state index is -3.38. The summed E-state index contributed by atoms with van der Waals surface area (Å²) >= 11 is 0. The van der Waals surface area contributed by atoms with Crippen LogP contribution >= 0.6 is 0 Å². The number of sulfonamides is 1. The third kappa shape index (κ3) is 4.90. The maximum Gasteiger partial charge on any atom is 0.229 e. The Hall–Kier alpha value is -2.66. The molecule has 0 saturated carbocycles. The zero-order valence-electron chi connectivity index (χ0n) is 15.0. The first-order chi connectivity index (χ1) is 11.7. The van der Waals surface area contributed by atoms with Gasteiger partial charge in [-0.3, -0.25) is 9.71 Å². The van der Waals surface area contributed by atoms with Crippen molar-refractivity contribution in [2.75, 3.05) is 30.0 Å². The highest BCUT2D eigenvalue weighted by Crippen LogP contribution is 2.18. The Morgan fingerprint density at radius 1 is 1.20 bits per heavy atom. The molecular weight excluding hydrogens is 338 g/mol. The monoisotopic (exact) mass is 359 g/mol. The van der Waals surface area contributed by atoms with Gasteiger partial charge in [0, 0.05) is 25.9 Å².